The topological polar surface area (TPSA) is 113 Å². The SMILES string of the molecule is CC(C)C[C@H](NC(=O)C1CCCN1)C(=O)NCC(N)=O. The van der Waals surface area contributed by atoms with Crippen LogP contribution in [0.1, 0.15) is 33.1 Å². The molecule has 7 heteroatoms. The summed E-state index contributed by atoms with van der Waals surface area (Å²) in [6.07, 6.45) is 2.26. The van der Waals surface area contributed by atoms with Gasteiger partial charge < -0.3 is 21.7 Å². The normalized spacial score (nSPS) is 19.6. The fraction of sp³-hybridized carbons (Fsp3) is 0.769. The Labute approximate surface area is 119 Å². The maximum Gasteiger partial charge on any atom is 0.243 e. The van der Waals surface area contributed by atoms with Crippen LogP contribution in [0.3, 0.4) is 0 Å². The summed E-state index contributed by atoms with van der Waals surface area (Å²) in [6, 6.07) is -0.863. The molecule has 114 valence electrons. The van der Waals surface area contributed by atoms with Crippen LogP contribution in [0.15, 0.2) is 0 Å². The standard InChI is InChI=1S/C13H24N4O3/c1-8(2)6-10(12(19)16-7-11(14)18)17-13(20)9-4-3-5-15-9/h8-10,15H,3-7H2,1-2H3,(H2,14,18)(H,16,19)(H,17,20)/t9?,10-/m0/s1. The van der Waals surface area contributed by atoms with E-state index in [-0.39, 0.29) is 30.3 Å². The first-order valence-corrected chi connectivity index (χ1v) is 7.00. The molecule has 3 amide bonds. The molecule has 0 radical (unpaired) electrons. The Bertz CT molecular complexity index is 365. The summed E-state index contributed by atoms with van der Waals surface area (Å²) in [5.74, 6) is -0.896. The van der Waals surface area contributed by atoms with Gasteiger partial charge in [-0.05, 0) is 31.7 Å². The fourth-order valence-corrected chi connectivity index (χ4v) is 2.18. The monoisotopic (exact) mass is 284 g/mol. The van der Waals surface area contributed by atoms with Crippen LogP contribution in [0.25, 0.3) is 0 Å². The minimum absolute atomic E-state index is 0.164. The van der Waals surface area contributed by atoms with Gasteiger partial charge >= 0.3 is 0 Å². The molecule has 0 bridgehead atoms. The largest absolute Gasteiger partial charge is 0.368 e. The summed E-state index contributed by atoms with van der Waals surface area (Å²) in [5, 5.41) is 8.27. The third-order valence-corrected chi connectivity index (χ3v) is 3.15. The number of hydrogen-bond acceptors (Lipinski definition) is 4. The van der Waals surface area contributed by atoms with Crippen LogP contribution in [-0.2, 0) is 14.4 Å². The quantitative estimate of drug-likeness (QED) is 0.474. The third kappa shape index (κ3) is 5.56. The van der Waals surface area contributed by atoms with Gasteiger partial charge in [0.2, 0.25) is 17.7 Å². The molecule has 1 aliphatic rings. The molecule has 0 saturated carbocycles. The maximum atomic E-state index is 12.0. The smallest absolute Gasteiger partial charge is 0.243 e. The lowest BCUT2D eigenvalue weighted by Gasteiger charge is -2.21. The Hall–Kier alpha value is -1.63. The molecule has 1 rings (SSSR count). The van der Waals surface area contributed by atoms with Gasteiger partial charge in [-0.2, -0.15) is 0 Å². The van der Waals surface area contributed by atoms with Crippen molar-refractivity contribution >= 4 is 17.7 Å². The Morgan fingerprint density at radius 3 is 2.55 bits per heavy atom. The second-order valence-corrected chi connectivity index (χ2v) is 5.52. The predicted molar refractivity (Wildman–Crippen MR) is 74.6 cm³/mol. The molecule has 20 heavy (non-hydrogen) atoms. The third-order valence-electron chi connectivity index (χ3n) is 3.15. The molecule has 1 heterocycles. The van der Waals surface area contributed by atoms with Gasteiger partial charge in [0.25, 0.3) is 0 Å². The van der Waals surface area contributed by atoms with Crippen molar-refractivity contribution in [1.29, 1.82) is 0 Å². The molecule has 2 atom stereocenters. The van der Waals surface area contributed by atoms with Gasteiger partial charge in [0, 0.05) is 0 Å². The first-order valence-electron chi connectivity index (χ1n) is 7.00. The summed E-state index contributed by atoms with van der Waals surface area (Å²) in [7, 11) is 0. The van der Waals surface area contributed by atoms with Crippen LogP contribution in [0.4, 0.5) is 0 Å². The molecule has 0 aromatic heterocycles. The molecular weight excluding hydrogens is 260 g/mol. The number of primary amides is 1. The number of amides is 3. The molecule has 1 fully saturated rings. The number of rotatable bonds is 7. The highest BCUT2D eigenvalue weighted by Crippen LogP contribution is 2.08. The van der Waals surface area contributed by atoms with Crippen molar-refractivity contribution in [2.45, 2.75) is 45.2 Å². The van der Waals surface area contributed by atoms with Crippen molar-refractivity contribution < 1.29 is 14.4 Å². The van der Waals surface area contributed by atoms with E-state index >= 15 is 0 Å². The van der Waals surface area contributed by atoms with Crippen LogP contribution in [0.5, 0.6) is 0 Å². The number of hydrogen-bond donors (Lipinski definition) is 4. The number of carbonyl (C=O) groups excluding carboxylic acids is 3. The first-order chi connectivity index (χ1) is 9.40. The van der Waals surface area contributed by atoms with Crippen LogP contribution in [0.2, 0.25) is 0 Å². The lowest BCUT2D eigenvalue weighted by Crippen LogP contribution is -2.52. The molecule has 0 aliphatic carbocycles. The lowest BCUT2D eigenvalue weighted by atomic mass is 10.0. The van der Waals surface area contributed by atoms with Crippen molar-refractivity contribution in [3.63, 3.8) is 0 Å². The van der Waals surface area contributed by atoms with Crippen molar-refractivity contribution in [3.05, 3.63) is 0 Å². The highest BCUT2D eigenvalue weighted by molar-refractivity contribution is 5.91. The zero-order chi connectivity index (χ0) is 15.1. The van der Waals surface area contributed by atoms with Crippen LogP contribution < -0.4 is 21.7 Å². The van der Waals surface area contributed by atoms with Gasteiger partial charge in [-0.25, -0.2) is 0 Å². The zero-order valence-corrected chi connectivity index (χ0v) is 12.1. The summed E-state index contributed by atoms with van der Waals surface area (Å²) in [5.41, 5.74) is 4.99. The van der Waals surface area contributed by atoms with Crippen LogP contribution >= 0.6 is 0 Å². The van der Waals surface area contributed by atoms with Gasteiger partial charge in [-0.3, -0.25) is 14.4 Å². The number of nitrogens with two attached hydrogens (primary N) is 1. The molecular formula is C13H24N4O3. The van der Waals surface area contributed by atoms with E-state index in [9.17, 15) is 14.4 Å². The zero-order valence-electron chi connectivity index (χ0n) is 12.1. The van der Waals surface area contributed by atoms with Gasteiger partial charge in [0.15, 0.2) is 0 Å². The minimum atomic E-state index is -0.635. The predicted octanol–water partition coefficient (Wildman–Crippen LogP) is -1.13. The highest BCUT2D eigenvalue weighted by Gasteiger charge is 2.27. The van der Waals surface area contributed by atoms with E-state index in [2.05, 4.69) is 16.0 Å². The average Bonchev–Trinajstić information content (AvgIpc) is 2.88. The molecule has 1 saturated heterocycles. The molecule has 1 unspecified atom stereocenters. The summed E-state index contributed by atoms with van der Waals surface area (Å²) in [6.45, 7) is 4.54. The van der Waals surface area contributed by atoms with Crippen molar-refractivity contribution in [3.8, 4) is 0 Å². The first kappa shape index (κ1) is 16.4. The van der Waals surface area contributed by atoms with E-state index < -0.39 is 11.9 Å². The van der Waals surface area contributed by atoms with E-state index in [0.717, 1.165) is 19.4 Å². The number of carbonyl (C=O) groups is 3. The van der Waals surface area contributed by atoms with Gasteiger partial charge in [-0.15, -0.1) is 0 Å². The lowest BCUT2D eigenvalue weighted by molar-refractivity contribution is -0.131. The molecule has 5 N–H and O–H groups in total. The Kier molecular flexibility index (Phi) is 6.44. The number of nitrogens with one attached hydrogen (secondary N) is 3. The molecule has 0 aromatic carbocycles. The maximum absolute atomic E-state index is 12.0. The van der Waals surface area contributed by atoms with Crippen LogP contribution in [0, 0.1) is 5.92 Å². The van der Waals surface area contributed by atoms with E-state index in [4.69, 9.17) is 5.73 Å². The molecule has 0 aromatic rings. The van der Waals surface area contributed by atoms with Crippen LogP contribution in [-0.4, -0.2) is 42.9 Å². The van der Waals surface area contributed by atoms with E-state index in [1.165, 1.54) is 0 Å². The van der Waals surface area contributed by atoms with E-state index in [1.54, 1.807) is 0 Å². The molecule has 1 aliphatic heterocycles. The van der Waals surface area contributed by atoms with E-state index in [0.29, 0.717) is 6.42 Å². The molecule has 7 nitrogen and oxygen atoms in total. The van der Waals surface area contributed by atoms with Gasteiger partial charge in [-0.1, -0.05) is 13.8 Å². The minimum Gasteiger partial charge on any atom is -0.368 e. The van der Waals surface area contributed by atoms with Crippen molar-refractivity contribution in [2.75, 3.05) is 13.1 Å². The summed E-state index contributed by atoms with van der Waals surface area (Å²) < 4.78 is 0. The average molecular weight is 284 g/mol. The molecule has 0 spiro atoms. The van der Waals surface area contributed by atoms with Crippen molar-refractivity contribution in [2.24, 2.45) is 11.7 Å². The summed E-state index contributed by atoms with van der Waals surface area (Å²) in [4.78, 5) is 34.7. The Morgan fingerprint density at radius 1 is 1.35 bits per heavy atom. The highest BCUT2D eigenvalue weighted by atomic mass is 16.2. The summed E-state index contributed by atoms with van der Waals surface area (Å²) >= 11 is 0. The fourth-order valence-electron chi connectivity index (χ4n) is 2.18. The van der Waals surface area contributed by atoms with E-state index in [1.807, 2.05) is 13.8 Å². The van der Waals surface area contributed by atoms with Crippen molar-refractivity contribution in [1.82, 2.24) is 16.0 Å². The van der Waals surface area contributed by atoms with Gasteiger partial charge in [0.05, 0.1) is 12.6 Å². The second kappa shape index (κ2) is 7.84. The Balaban J connectivity index is 2.55. The second-order valence-electron chi connectivity index (χ2n) is 5.52. The van der Waals surface area contributed by atoms with Gasteiger partial charge in [0.1, 0.15) is 6.04 Å². The Morgan fingerprint density at radius 2 is 2.05 bits per heavy atom.